The summed E-state index contributed by atoms with van der Waals surface area (Å²) in [5.41, 5.74) is 3.25. The lowest BCUT2D eigenvalue weighted by Crippen LogP contribution is -2.30. The molecular formula is C22H24ClN3O3S. The Kier molecular flexibility index (Phi) is 6.45. The summed E-state index contributed by atoms with van der Waals surface area (Å²) in [6, 6.07) is 12.1. The Morgan fingerprint density at radius 3 is 2.43 bits per heavy atom. The molecule has 0 aliphatic rings. The second-order valence-corrected chi connectivity index (χ2v) is 9.32. The smallest absolute Gasteiger partial charge is 0.257 e. The first-order valence-electron chi connectivity index (χ1n) is 9.66. The maximum atomic E-state index is 12.9. The Labute approximate surface area is 181 Å². The van der Waals surface area contributed by atoms with E-state index in [0.717, 1.165) is 16.5 Å². The monoisotopic (exact) mass is 445 g/mol. The second-order valence-electron chi connectivity index (χ2n) is 7.01. The largest absolute Gasteiger partial charge is 0.322 e. The van der Waals surface area contributed by atoms with Crippen molar-refractivity contribution in [1.82, 2.24) is 9.29 Å². The predicted octanol–water partition coefficient (Wildman–Crippen LogP) is 4.79. The van der Waals surface area contributed by atoms with Crippen molar-refractivity contribution in [3.63, 3.8) is 0 Å². The number of nitrogens with zero attached hydrogens (tertiary/aromatic N) is 2. The number of carbonyl (C=O) groups excluding carboxylic acids is 1. The van der Waals surface area contributed by atoms with Gasteiger partial charge in [0.25, 0.3) is 5.91 Å². The third-order valence-corrected chi connectivity index (χ3v) is 7.45. The number of anilines is 1. The zero-order valence-electron chi connectivity index (χ0n) is 17.4. The van der Waals surface area contributed by atoms with E-state index < -0.39 is 10.0 Å². The van der Waals surface area contributed by atoms with Crippen LogP contribution in [-0.2, 0) is 10.0 Å². The first kappa shape index (κ1) is 22.2. The molecule has 0 unspecified atom stereocenters. The van der Waals surface area contributed by atoms with Gasteiger partial charge in [-0.2, -0.15) is 4.31 Å². The lowest BCUT2D eigenvalue weighted by Gasteiger charge is -2.20. The molecular weight excluding hydrogens is 422 g/mol. The molecule has 0 aliphatic carbocycles. The number of fused-ring (bicyclic) bond motifs is 1. The quantitative estimate of drug-likeness (QED) is 0.591. The lowest BCUT2D eigenvalue weighted by molar-refractivity contribution is 0.102. The van der Waals surface area contributed by atoms with Crippen LogP contribution in [0.3, 0.4) is 0 Å². The van der Waals surface area contributed by atoms with E-state index in [1.165, 1.54) is 16.4 Å². The van der Waals surface area contributed by atoms with Gasteiger partial charge in [0.1, 0.15) is 4.90 Å². The molecule has 1 N–H and O–H groups in total. The number of sulfonamides is 1. The predicted molar refractivity (Wildman–Crippen MR) is 121 cm³/mol. The third kappa shape index (κ3) is 4.33. The van der Waals surface area contributed by atoms with Crippen LogP contribution < -0.4 is 5.32 Å². The van der Waals surface area contributed by atoms with Crippen LogP contribution >= 0.6 is 11.6 Å². The van der Waals surface area contributed by atoms with E-state index >= 15 is 0 Å². The fraction of sp³-hybridized carbons (Fsp3) is 0.273. The fourth-order valence-electron chi connectivity index (χ4n) is 3.30. The SMILES string of the molecule is CCN(CC)S(=O)(=O)c1cc(NC(=O)c2cc3cc(C)ccc3nc2C)ccc1Cl. The topological polar surface area (TPSA) is 79.4 Å². The number of hydrogen-bond donors (Lipinski definition) is 1. The number of carbonyl (C=O) groups is 1. The van der Waals surface area contributed by atoms with E-state index in [4.69, 9.17) is 11.6 Å². The molecule has 2 aromatic carbocycles. The second kappa shape index (κ2) is 8.71. The number of halogens is 1. The molecule has 1 amide bonds. The lowest BCUT2D eigenvalue weighted by atomic mass is 10.1. The molecule has 158 valence electrons. The van der Waals surface area contributed by atoms with Crippen molar-refractivity contribution in [3.8, 4) is 0 Å². The molecule has 0 atom stereocenters. The van der Waals surface area contributed by atoms with Gasteiger partial charge in [0.05, 0.1) is 21.8 Å². The molecule has 3 rings (SSSR count). The average molecular weight is 446 g/mol. The van der Waals surface area contributed by atoms with Crippen molar-refractivity contribution in [2.24, 2.45) is 0 Å². The van der Waals surface area contributed by atoms with Gasteiger partial charge in [-0.05, 0) is 50.2 Å². The van der Waals surface area contributed by atoms with Crippen LogP contribution in [0.1, 0.15) is 35.5 Å². The van der Waals surface area contributed by atoms with Gasteiger partial charge in [-0.1, -0.05) is 37.1 Å². The summed E-state index contributed by atoms with van der Waals surface area (Å²) in [5.74, 6) is -0.364. The maximum Gasteiger partial charge on any atom is 0.257 e. The summed E-state index contributed by atoms with van der Waals surface area (Å²) in [6.07, 6.45) is 0. The van der Waals surface area contributed by atoms with Gasteiger partial charge in [0.2, 0.25) is 10.0 Å². The van der Waals surface area contributed by atoms with Gasteiger partial charge >= 0.3 is 0 Å². The van der Waals surface area contributed by atoms with Gasteiger partial charge in [-0.25, -0.2) is 8.42 Å². The third-order valence-electron chi connectivity index (χ3n) is 4.92. The van der Waals surface area contributed by atoms with Crippen LogP contribution in [0.4, 0.5) is 5.69 Å². The van der Waals surface area contributed by atoms with Gasteiger partial charge in [-0.3, -0.25) is 9.78 Å². The number of hydrogen-bond acceptors (Lipinski definition) is 4. The van der Waals surface area contributed by atoms with Crippen LogP contribution in [0.15, 0.2) is 47.4 Å². The fourth-order valence-corrected chi connectivity index (χ4v) is 5.26. The highest BCUT2D eigenvalue weighted by atomic mass is 35.5. The number of benzene rings is 2. The molecule has 30 heavy (non-hydrogen) atoms. The highest BCUT2D eigenvalue weighted by Crippen LogP contribution is 2.28. The minimum Gasteiger partial charge on any atom is -0.322 e. The zero-order chi connectivity index (χ0) is 22.1. The summed E-state index contributed by atoms with van der Waals surface area (Å²) in [7, 11) is -3.76. The molecule has 6 nitrogen and oxygen atoms in total. The number of rotatable bonds is 6. The summed E-state index contributed by atoms with van der Waals surface area (Å²) in [5, 5.41) is 3.75. The van der Waals surface area contributed by atoms with Crippen molar-refractivity contribution in [2.45, 2.75) is 32.6 Å². The molecule has 8 heteroatoms. The maximum absolute atomic E-state index is 12.9. The van der Waals surface area contributed by atoms with E-state index in [1.54, 1.807) is 32.9 Å². The van der Waals surface area contributed by atoms with Gasteiger partial charge < -0.3 is 5.32 Å². The van der Waals surface area contributed by atoms with Crippen LogP contribution in [-0.4, -0.2) is 36.7 Å². The molecule has 0 saturated heterocycles. The van der Waals surface area contributed by atoms with Crippen molar-refractivity contribution in [1.29, 1.82) is 0 Å². The highest BCUT2D eigenvalue weighted by Gasteiger charge is 2.25. The summed E-state index contributed by atoms with van der Waals surface area (Å²) in [4.78, 5) is 17.4. The Balaban J connectivity index is 1.96. The highest BCUT2D eigenvalue weighted by molar-refractivity contribution is 7.89. The number of amides is 1. The molecule has 0 bridgehead atoms. The van der Waals surface area contributed by atoms with E-state index in [2.05, 4.69) is 10.3 Å². The van der Waals surface area contributed by atoms with Gasteiger partial charge in [0, 0.05) is 24.2 Å². The zero-order valence-corrected chi connectivity index (χ0v) is 18.9. The number of aryl methyl sites for hydroxylation is 2. The Morgan fingerprint density at radius 1 is 1.07 bits per heavy atom. The summed E-state index contributed by atoms with van der Waals surface area (Å²) in [6.45, 7) is 7.92. The molecule has 1 heterocycles. The van der Waals surface area contributed by atoms with E-state index in [-0.39, 0.29) is 15.8 Å². The minimum atomic E-state index is -3.76. The van der Waals surface area contributed by atoms with Crippen molar-refractivity contribution in [3.05, 3.63) is 64.3 Å². The Morgan fingerprint density at radius 2 is 1.77 bits per heavy atom. The van der Waals surface area contributed by atoms with Crippen LogP contribution in [0, 0.1) is 13.8 Å². The molecule has 0 saturated carbocycles. The standard InChI is InChI=1S/C22H24ClN3O3S/c1-5-26(6-2)30(28,29)21-13-17(8-9-19(21)23)25-22(27)18-12-16-11-14(3)7-10-20(16)24-15(18)4/h7-13H,5-6H2,1-4H3,(H,25,27). The first-order valence-corrected chi connectivity index (χ1v) is 11.5. The molecule has 0 spiro atoms. The number of nitrogens with one attached hydrogen (secondary N) is 1. The first-order chi connectivity index (χ1) is 14.2. The molecule has 0 fully saturated rings. The van der Waals surface area contributed by atoms with Crippen LogP contribution in [0.25, 0.3) is 10.9 Å². The Hall–Kier alpha value is -2.48. The van der Waals surface area contributed by atoms with Gasteiger partial charge in [-0.15, -0.1) is 0 Å². The average Bonchev–Trinajstić information content (AvgIpc) is 2.69. The number of pyridine rings is 1. The van der Waals surface area contributed by atoms with Crippen LogP contribution in [0.5, 0.6) is 0 Å². The summed E-state index contributed by atoms with van der Waals surface area (Å²) >= 11 is 6.17. The van der Waals surface area contributed by atoms with Crippen LogP contribution in [0.2, 0.25) is 5.02 Å². The van der Waals surface area contributed by atoms with Gasteiger partial charge in [0.15, 0.2) is 0 Å². The normalized spacial score (nSPS) is 11.8. The Bertz CT molecular complexity index is 1220. The van der Waals surface area contributed by atoms with Crippen molar-refractivity contribution in [2.75, 3.05) is 18.4 Å². The summed E-state index contributed by atoms with van der Waals surface area (Å²) < 4.78 is 27.1. The van der Waals surface area contributed by atoms with E-state index in [1.807, 2.05) is 25.1 Å². The van der Waals surface area contributed by atoms with Crippen molar-refractivity contribution >= 4 is 44.1 Å². The van der Waals surface area contributed by atoms with Crippen molar-refractivity contribution < 1.29 is 13.2 Å². The molecule has 1 aromatic heterocycles. The number of aromatic nitrogens is 1. The molecule has 0 aliphatic heterocycles. The molecule has 0 radical (unpaired) electrons. The minimum absolute atomic E-state index is 0.0327. The molecule has 3 aromatic rings. The van der Waals surface area contributed by atoms with E-state index in [9.17, 15) is 13.2 Å². The van der Waals surface area contributed by atoms with E-state index in [0.29, 0.717) is 30.0 Å².